The minimum Gasteiger partial charge on any atom is -0.494 e. The third kappa shape index (κ3) is 4.10. The van der Waals surface area contributed by atoms with Crippen LogP contribution in [0.25, 0.3) is 11.1 Å². The molecule has 0 fully saturated rings. The smallest absolute Gasteiger partial charge is 0.336 e. The second-order valence-electron chi connectivity index (χ2n) is 5.10. The van der Waals surface area contributed by atoms with Crippen molar-refractivity contribution < 1.29 is 24.5 Å². The molecule has 2 aromatic carbocycles. The van der Waals surface area contributed by atoms with Crippen LogP contribution in [0.2, 0.25) is 0 Å². The van der Waals surface area contributed by atoms with Crippen molar-refractivity contribution in [2.45, 2.75) is 19.8 Å². The van der Waals surface area contributed by atoms with Gasteiger partial charge < -0.3 is 14.9 Å². The molecule has 0 atom stereocenters. The van der Waals surface area contributed by atoms with E-state index in [0.29, 0.717) is 12.2 Å². The fraction of sp³-hybridized carbons (Fsp3) is 0.222. The summed E-state index contributed by atoms with van der Waals surface area (Å²) in [6.07, 6.45) is 2.05. The topological polar surface area (TPSA) is 83.8 Å². The maximum absolute atomic E-state index is 11.2. The van der Waals surface area contributed by atoms with Gasteiger partial charge in [-0.3, -0.25) is 0 Å². The van der Waals surface area contributed by atoms with Crippen LogP contribution in [0, 0.1) is 0 Å². The molecule has 5 heteroatoms. The monoisotopic (exact) mass is 314 g/mol. The number of rotatable bonds is 7. The Morgan fingerprint density at radius 3 is 2.09 bits per heavy atom. The maximum Gasteiger partial charge on any atom is 0.336 e. The molecule has 0 saturated heterocycles. The van der Waals surface area contributed by atoms with Crippen LogP contribution in [-0.2, 0) is 0 Å². The Kier molecular flexibility index (Phi) is 5.36. The van der Waals surface area contributed by atoms with Gasteiger partial charge in [0.15, 0.2) is 0 Å². The van der Waals surface area contributed by atoms with E-state index in [-0.39, 0.29) is 11.1 Å². The molecule has 0 saturated carbocycles. The van der Waals surface area contributed by atoms with Gasteiger partial charge in [-0.2, -0.15) is 0 Å². The highest BCUT2D eigenvalue weighted by Gasteiger charge is 2.16. The van der Waals surface area contributed by atoms with E-state index < -0.39 is 11.9 Å². The fourth-order valence-corrected chi connectivity index (χ4v) is 2.17. The predicted molar refractivity (Wildman–Crippen MR) is 86.2 cm³/mol. The van der Waals surface area contributed by atoms with Gasteiger partial charge in [-0.15, -0.1) is 0 Å². The summed E-state index contributed by atoms with van der Waals surface area (Å²) in [7, 11) is 0. The minimum absolute atomic E-state index is 0.222. The fourth-order valence-electron chi connectivity index (χ4n) is 2.17. The largest absolute Gasteiger partial charge is 0.494 e. The van der Waals surface area contributed by atoms with Crippen LogP contribution in [0.4, 0.5) is 0 Å². The predicted octanol–water partition coefficient (Wildman–Crippen LogP) is 3.93. The minimum atomic E-state index is -1.26. The number of unbranched alkanes of at least 4 members (excludes halogenated alkanes) is 1. The van der Waals surface area contributed by atoms with Crippen molar-refractivity contribution in [2.24, 2.45) is 0 Å². The Morgan fingerprint density at radius 2 is 1.52 bits per heavy atom. The molecule has 0 aliphatic rings. The first-order valence-corrected chi connectivity index (χ1v) is 7.36. The molecule has 2 rings (SSSR count). The van der Waals surface area contributed by atoms with Gasteiger partial charge in [0.1, 0.15) is 5.75 Å². The third-order valence-electron chi connectivity index (χ3n) is 3.43. The zero-order valence-electron chi connectivity index (χ0n) is 12.8. The zero-order chi connectivity index (χ0) is 16.8. The van der Waals surface area contributed by atoms with Crippen LogP contribution in [0.3, 0.4) is 0 Å². The van der Waals surface area contributed by atoms with Gasteiger partial charge in [0.05, 0.1) is 17.7 Å². The molecule has 0 heterocycles. The van der Waals surface area contributed by atoms with Crippen molar-refractivity contribution in [3.05, 3.63) is 53.6 Å². The Labute approximate surface area is 134 Å². The highest BCUT2D eigenvalue weighted by atomic mass is 16.5. The quantitative estimate of drug-likeness (QED) is 0.756. The molecular formula is C18H18O5. The van der Waals surface area contributed by atoms with E-state index in [1.54, 1.807) is 6.07 Å². The Morgan fingerprint density at radius 1 is 0.913 bits per heavy atom. The van der Waals surface area contributed by atoms with Gasteiger partial charge in [-0.05, 0) is 41.8 Å². The number of carbonyl (C=O) groups is 2. The van der Waals surface area contributed by atoms with Crippen molar-refractivity contribution >= 4 is 11.9 Å². The normalized spacial score (nSPS) is 10.3. The molecule has 0 unspecified atom stereocenters. The van der Waals surface area contributed by atoms with E-state index in [2.05, 4.69) is 6.92 Å². The Hall–Kier alpha value is -2.82. The summed E-state index contributed by atoms with van der Waals surface area (Å²) in [6.45, 7) is 2.75. The SMILES string of the molecule is CCCCOc1ccc(-c2ccc(C(=O)O)c(C(=O)O)c2)cc1. The average Bonchev–Trinajstić information content (AvgIpc) is 2.55. The lowest BCUT2D eigenvalue weighted by atomic mass is 9.99. The van der Waals surface area contributed by atoms with E-state index in [1.807, 2.05) is 24.3 Å². The van der Waals surface area contributed by atoms with E-state index in [9.17, 15) is 9.59 Å². The zero-order valence-corrected chi connectivity index (χ0v) is 12.8. The van der Waals surface area contributed by atoms with E-state index in [0.717, 1.165) is 24.2 Å². The first kappa shape index (κ1) is 16.5. The van der Waals surface area contributed by atoms with Crippen LogP contribution < -0.4 is 4.74 Å². The first-order chi connectivity index (χ1) is 11.0. The molecule has 120 valence electrons. The summed E-state index contributed by atoms with van der Waals surface area (Å²) in [4.78, 5) is 22.3. The van der Waals surface area contributed by atoms with Crippen molar-refractivity contribution in [1.82, 2.24) is 0 Å². The average molecular weight is 314 g/mol. The summed E-state index contributed by atoms with van der Waals surface area (Å²) in [5.74, 6) is -1.76. The number of hydrogen-bond donors (Lipinski definition) is 2. The summed E-state index contributed by atoms with van der Waals surface area (Å²) >= 11 is 0. The highest BCUT2D eigenvalue weighted by molar-refractivity contribution is 6.02. The van der Waals surface area contributed by atoms with Crippen molar-refractivity contribution in [2.75, 3.05) is 6.61 Å². The Balaban J connectivity index is 2.26. The Bertz CT molecular complexity index is 704. The molecule has 0 amide bonds. The molecule has 23 heavy (non-hydrogen) atoms. The molecule has 5 nitrogen and oxygen atoms in total. The molecular weight excluding hydrogens is 296 g/mol. The van der Waals surface area contributed by atoms with Crippen LogP contribution in [-0.4, -0.2) is 28.8 Å². The summed E-state index contributed by atoms with van der Waals surface area (Å²) in [5, 5.41) is 18.2. The molecule has 0 aliphatic carbocycles. The van der Waals surface area contributed by atoms with Gasteiger partial charge in [0.2, 0.25) is 0 Å². The van der Waals surface area contributed by atoms with Gasteiger partial charge in [0, 0.05) is 0 Å². The lowest BCUT2D eigenvalue weighted by Gasteiger charge is -2.08. The lowest BCUT2D eigenvalue weighted by Crippen LogP contribution is -2.07. The van der Waals surface area contributed by atoms with Gasteiger partial charge in [0.25, 0.3) is 0 Å². The number of carboxylic acid groups (broad SMARTS) is 2. The number of ether oxygens (including phenoxy) is 1. The molecule has 0 aromatic heterocycles. The van der Waals surface area contributed by atoms with Crippen molar-refractivity contribution in [1.29, 1.82) is 0 Å². The number of hydrogen-bond acceptors (Lipinski definition) is 3. The molecule has 2 aromatic rings. The maximum atomic E-state index is 11.2. The van der Waals surface area contributed by atoms with Crippen LogP contribution in [0.5, 0.6) is 5.75 Å². The summed E-state index contributed by atoms with van der Waals surface area (Å²) in [5.41, 5.74) is 0.999. The van der Waals surface area contributed by atoms with Crippen molar-refractivity contribution in [3.8, 4) is 16.9 Å². The first-order valence-electron chi connectivity index (χ1n) is 7.36. The van der Waals surface area contributed by atoms with E-state index in [1.165, 1.54) is 12.1 Å². The van der Waals surface area contributed by atoms with Gasteiger partial charge in [-0.1, -0.05) is 31.5 Å². The third-order valence-corrected chi connectivity index (χ3v) is 3.43. The second kappa shape index (κ2) is 7.45. The van der Waals surface area contributed by atoms with Gasteiger partial charge >= 0.3 is 11.9 Å². The molecule has 0 spiro atoms. The van der Waals surface area contributed by atoms with E-state index >= 15 is 0 Å². The van der Waals surface area contributed by atoms with Crippen LogP contribution >= 0.6 is 0 Å². The highest BCUT2D eigenvalue weighted by Crippen LogP contribution is 2.25. The molecule has 0 aliphatic heterocycles. The number of aromatic carboxylic acids is 2. The standard InChI is InChI=1S/C18H18O5/c1-2-3-10-23-14-7-4-12(5-8-14)13-6-9-15(17(19)20)16(11-13)18(21)22/h4-9,11H,2-3,10H2,1H3,(H,19,20)(H,21,22). The van der Waals surface area contributed by atoms with Crippen molar-refractivity contribution in [3.63, 3.8) is 0 Å². The molecule has 2 N–H and O–H groups in total. The van der Waals surface area contributed by atoms with Crippen LogP contribution in [0.1, 0.15) is 40.5 Å². The van der Waals surface area contributed by atoms with E-state index in [4.69, 9.17) is 14.9 Å². The summed E-state index contributed by atoms with van der Waals surface area (Å²) in [6, 6.07) is 11.6. The lowest BCUT2D eigenvalue weighted by molar-refractivity contribution is 0.0651. The van der Waals surface area contributed by atoms with Crippen LogP contribution in [0.15, 0.2) is 42.5 Å². The summed E-state index contributed by atoms with van der Waals surface area (Å²) < 4.78 is 5.58. The second-order valence-corrected chi connectivity index (χ2v) is 5.10. The van der Waals surface area contributed by atoms with Gasteiger partial charge in [-0.25, -0.2) is 9.59 Å². The molecule has 0 bridgehead atoms. The number of benzene rings is 2. The number of carboxylic acids is 2. The molecule has 0 radical (unpaired) electrons.